The summed E-state index contributed by atoms with van der Waals surface area (Å²) in [5.74, 6) is 0.750. The van der Waals surface area contributed by atoms with Gasteiger partial charge in [-0.2, -0.15) is 0 Å². The number of likely N-dealkylation sites (tertiary alicyclic amines) is 1. The van der Waals surface area contributed by atoms with Crippen molar-refractivity contribution in [3.63, 3.8) is 0 Å². The minimum Gasteiger partial charge on any atom is -0.453 e. The summed E-state index contributed by atoms with van der Waals surface area (Å²) < 4.78 is 4.72. The quantitative estimate of drug-likeness (QED) is 0.231. The maximum absolute atomic E-state index is 13.4. The molecule has 1 fully saturated rings. The van der Waals surface area contributed by atoms with Crippen LogP contribution in [-0.2, 0) is 14.3 Å². The van der Waals surface area contributed by atoms with Crippen LogP contribution in [0.3, 0.4) is 0 Å². The van der Waals surface area contributed by atoms with Crippen LogP contribution in [0.2, 0.25) is 0 Å². The number of benzene rings is 2. The molecule has 4 N–H and O–H groups in total. The van der Waals surface area contributed by atoms with Gasteiger partial charge in [0.25, 0.3) is 0 Å². The zero-order valence-electron chi connectivity index (χ0n) is 24.1. The summed E-state index contributed by atoms with van der Waals surface area (Å²) in [7, 11) is 1.29. The van der Waals surface area contributed by atoms with Crippen LogP contribution in [0.25, 0.3) is 33.6 Å². The van der Waals surface area contributed by atoms with E-state index in [0.717, 1.165) is 52.3 Å². The third kappa shape index (κ3) is 6.19. The number of H-pyrrole nitrogens is 2. The third-order valence-corrected chi connectivity index (χ3v) is 7.43. The summed E-state index contributed by atoms with van der Waals surface area (Å²) in [5.41, 5.74) is 5.77. The minimum atomic E-state index is -0.671. The normalized spacial score (nSPS) is 15.5. The molecular weight excluding hydrogens is 534 g/mol. The molecule has 1 saturated heterocycles. The molecule has 0 radical (unpaired) electrons. The first-order valence-corrected chi connectivity index (χ1v) is 14.0. The summed E-state index contributed by atoms with van der Waals surface area (Å²) in [5, 5.41) is 5.33. The van der Waals surface area contributed by atoms with Crippen molar-refractivity contribution in [2.24, 2.45) is 5.92 Å². The average molecular weight is 570 g/mol. The number of hydrogen-bond acceptors (Lipinski definition) is 6. The maximum Gasteiger partial charge on any atom is 0.407 e. The first-order valence-electron chi connectivity index (χ1n) is 14.0. The number of imidazole rings is 2. The number of amides is 3. The molecule has 5 rings (SSSR count). The van der Waals surface area contributed by atoms with E-state index in [1.165, 1.54) is 14.0 Å². The van der Waals surface area contributed by atoms with Crippen molar-refractivity contribution in [1.29, 1.82) is 0 Å². The number of alkyl carbamates (subject to hydrolysis) is 1. The van der Waals surface area contributed by atoms with E-state index in [2.05, 4.69) is 42.7 Å². The number of rotatable bonds is 8. The Morgan fingerprint density at radius 2 is 1.48 bits per heavy atom. The van der Waals surface area contributed by atoms with E-state index >= 15 is 0 Å². The van der Waals surface area contributed by atoms with E-state index in [0.29, 0.717) is 12.5 Å². The second-order valence-corrected chi connectivity index (χ2v) is 10.7. The summed E-state index contributed by atoms with van der Waals surface area (Å²) in [4.78, 5) is 53.6. The molecule has 0 saturated carbocycles. The molecule has 3 amide bonds. The van der Waals surface area contributed by atoms with E-state index in [4.69, 9.17) is 4.74 Å². The van der Waals surface area contributed by atoms with Crippen molar-refractivity contribution >= 4 is 23.9 Å². The molecule has 42 heavy (non-hydrogen) atoms. The van der Waals surface area contributed by atoms with Crippen LogP contribution in [0.4, 0.5) is 10.7 Å². The number of nitrogens with zero attached hydrogens (tertiary/aromatic N) is 3. The fourth-order valence-corrected chi connectivity index (χ4v) is 5.23. The van der Waals surface area contributed by atoms with E-state index in [9.17, 15) is 14.4 Å². The van der Waals surface area contributed by atoms with Crippen LogP contribution in [0.1, 0.15) is 45.5 Å². The molecule has 2 aromatic carbocycles. The molecule has 3 heterocycles. The van der Waals surface area contributed by atoms with E-state index < -0.39 is 12.1 Å². The SMILES string of the molecule is COC(=O)N[C@H](C(=O)N1CCC[C@H]1c1ncc(-c2ccc(-c3ccc(-c4cnc(NC(C)=O)[nH]4)cc3)cc2)[nH]1)C(C)C. The van der Waals surface area contributed by atoms with E-state index in [1.54, 1.807) is 17.3 Å². The molecule has 0 aliphatic carbocycles. The Bertz CT molecular complexity index is 1560. The first kappa shape index (κ1) is 28.6. The largest absolute Gasteiger partial charge is 0.453 e. The van der Waals surface area contributed by atoms with Crippen LogP contribution >= 0.6 is 0 Å². The molecule has 1 aliphatic heterocycles. The molecule has 0 bridgehead atoms. The molecule has 11 nitrogen and oxygen atoms in total. The molecule has 0 spiro atoms. The lowest BCUT2D eigenvalue weighted by atomic mass is 10.0. The molecule has 0 unspecified atom stereocenters. The fourth-order valence-electron chi connectivity index (χ4n) is 5.23. The van der Waals surface area contributed by atoms with E-state index in [-0.39, 0.29) is 23.8 Å². The van der Waals surface area contributed by atoms with Crippen molar-refractivity contribution < 1.29 is 19.1 Å². The summed E-state index contributed by atoms with van der Waals surface area (Å²) in [6.07, 6.45) is 4.53. The number of aromatic nitrogens is 4. The van der Waals surface area contributed by atoms with Crippen LogP contribution < -0.4 is 10.6 Å². The van der Waals surface area contributed by atoms with Gasteiger partial charge in [-0.15, -0.1) is 0 Å². The number of methoxy groups -OCH3 is 1. The Morgan fingerprint density at radius 1 is 0.905 bits per heavy atom. The van der Waals surface area contributed by atoms with Gasteiger partial charge in [-0.1, -0.05) is 62.4 Å². The highest BCUT2D eigenvalue weighted by molar-refractivity contribution is 5.87. The highest BCUT2D eigenvalue weighted by atomic mass is 16.5. The standard InChI is InChI=1S/C31H35N7O4/c1-18(2)27(37-31(41)42-4)29(40)38-15-5-6-26(38)28-32-16-24(35-28)22-11-7-20(8-12-22)21-9-13-23(14-10-21)25-17-33-30(36-25)34-19(3)39/h7-14,16-18,26-27H,5-6,15H2,1-4H3,(H,32,35)(H,37,41)(H2,33,34,36,39)/t26-,27-/m0/s1. The number of carbonyl (C=O) groups is 3. The van der Waals surface area contributed by atoms with Gasteiger partial charge >= 0.3 is 6.09 Å². The van der Waals surface area contributed by atoms with Gasteiger partial charge in [0.05, 0.1) is 36.9 Å². The number of nitrogens with one attached hydrogen (secondary N) is 4. The second kappa shape index (κ2) is 12.3. The Balaban J connectivity index is 1.27. The van der Waals surface area contributed by atoms with Gasteiger partial charge in [-0.3, -0.25) is 14.9 Å². The van der Waals surface area contributed by atoms with Crippen molar-refractivity contribution in [1.82, 2.24) is 30.2 Å². The molecule has 1 aliphatic rings. The van der Waals surface area contributed by atoms with Gasteiger partial charge in [0.2, 0.25) is 17.8 Å². The predicted molar refractivity (Wildman–Crippen MR) is 159 cm³/mol. The monoisotopic (exact) mass is 569 g/mol. The number of ether oxygens (including phenoxy) is 1. The molecule has 2 aromatic heterocycles. The van der Waals surface area contributed by atoms with Gasteiger partial charge in [0.1, 0.15) is 11.9 Å². The smallest absolute Gasteiger partial charge is 0.407 e. The summed E-state index contributed by atoms with van der Waals surface area (Å²) in [6.45, 7) is 5.85. The fraction of sp³-hybridized carbons (Fsp3) is 0.323. The molecule has 218 valence electrons. The average Bonchev–Trinajstić information content (AvgIpc) is 3.76. The third-order valence-electron chi connectivity index (χ3n) is 7.43. The van der Waals surface area contributed by atoms with Crippen molar-refractivity contribution in [2.45, 2.75) is 45.7 Å². The second-order valence-electron chi connectivity index (χ2n) is 10.7. The molecule has 4 aromatic rings. The van der Waals surface area contributed by atoms with Crippen molar-refractivity contribution in [3.05, 3.63) is 66.7 Å². The van der Waals surface area contributed by atoms with Gasteiger partial charge in [0, 0.05) is 13.5 Å². The van der Waals surface area contributed by atoms with Crippen LogP contribution in [0, 0.1) is 5.92 Å². The Hall–Kier alpha value is -4.93. The lowest BCUT2D eigenvalue weighted by Gasteiger charge is -2.30. The van der Waals surface area contributed by atoms with Crippen LogP contribution in [-0.4, -0.2) is 62.4 Å². The molecular formula is C31H35N7O4. The van der Waals surface area contributed by atoms with Gasteiger partial charge in [0.15, 0.2) is 0 Å². The first-order chi connectivity index (χ1) is 20.2. The van der Waals surface area contributed by atoms with Crippen molar-refractivity contribution in [3.8, 4) is 33.6 Å². The highest BCUT2D eigenvalue weighted by Crippen LogP contribution is 2.33. The van der Waals surface area contributed by atoms with Gasteiger partial charge < -0.3 is 24.9 Å². The Kier molecular flexibility index (Phi) is 8.37. The molecule has 2 atom stereocenters. The minimum absolute atomic E-state index is 0.0897. The zero-order valence-corrected chi connectivity index (χ0v) is 24.1. The lowest BCUT2D eigenvalue weighted by Crippen LogP contribution is -2.51. The number of anilines is 1. The summed E-state index contributed by atoms with van der Waals surface area (Å²) >= 11 is 0. The zero-order chi connectivity index (χ0) is 29.8. The number of hydrogen-bond donors (Lipinski definition) is 4. The number of aromatic amines is 2. The topological polar surface area (TPSA) is 145 Å². The van der Waals surface area contributed by atoms with Gasteiger partial charge in [-0.25, -0.2) is 14.8 Å². The highest BCUT2D eigenvalue weighted by Gasteiger charge is 2.37. The lowest BCUT2D eigenvalue weighted by molar-refractivity contribution is -0.135. The predicted octanol–water partition coefficient (Wildman–Crippen LogP) is 5.14. The summed E-state index contributed by atoms with van der Waals surface area (Å²) in [6, 6.07) is 15.5. The number of carbonyl (C=O) groups excluding carboxylic acids is 3. The van der Waals surface area contributed by atoms with Crippen molar-refractivity contribution in [2.75, 3.05) is 19.0 Å². The van der Waals surface area contributed by atoms with E-state index in [1.807, 2.05) is 50.2 Å². The molecule has 11 heteroatoms. The van der Waals surface area contributed by atoms with Crippen LogP contribution in [0.15, 0.2) is 60.9 Å². The van der Waals surface area contributed by atoms with Gasteiger partial charge in [-0.05, 0) is 41.0 Å². The maximum atomic E-state index is 13.4. The van der Waals surface area contributed by atoms with Crippen LogP contribution in [0.5, 0.6) is 0 Å². The Labute approximate surface area is 244 Å². The Morgan fingerprint density at radius 3 is 2.05 bits per heavy atom.